The summed E-state index contributed by atoms with van der Waals surface area (Å²) in [4.78, 5) is 7.79. The number of nitro benzene ring substituents is 1. The fourth-order valence-electron chi connectivity index (χ4n) is 6.19. The van der Waals surface area contributed by atoms with E-state index in [1.165, 1.54) is 54.6 Å². The van der Waals surface area contributed by atoms with Crippen molar-refractivity contribution in [3.8, 4) is 22.6 Å². The zero-order chi connectivity index (χ0) is 45.6. The zero-order valence-corrected chi connectivity index (χ0v) is 36.9. The van der Waals surface area contributed by atoms with Crippen molar-refractivity contribution in [2.75, 3.05) is 11.5 Å². The maximum absolute atomic E-state index is 12.5. The molecule has 0 aromatic heterocycles. The first-order valence-electron chi connectivity index (χ1n) is 17.4. The van der Waals surface area contributed by atoms with Crippen LogP contribution in [0.2, 0.25) is 0 Å². The first-order valence-corrected chi connectivity index (χ1v) is 21.7. The van der Waals surface area contributed by atoms with Gasteiger partial charge in [-0.3, -0.25) is 23.8 Å². The predicted octanol–water partition coefficient (Wildman–Crippen LogP) is 6.13. The first kappa shape index (κ1) is 46.7. The molecule has 0 spiro atoms. The van der Waals surface area contributed by atoms with Crippen LogP contribution in [-0.2, 0) is 30.4 Å². The van der Waals surface area contributed by atoms with Crippen LogP contribution in [0.1, 0.15) is 0 Å². The van der Waals surface area contributed by atoms with E-state index >= 15 is 0 Å². The Morgan fingerprint density at radius 3 is 1.47 bits per heavy atom. The summed E-state index contributed by atoms with van der Waals surface area (Å²) in [5, 5.41) is 56.3. The van der Waals surface area contributed by atoms with Gasteiger partial charge in [-0.05, 0) is 82.6 Å². The summed E-state index contributed by atoms with van der Waals surface area (Å²) in [5.74, 6) is -1.57. The molecule has 0 unspecified atom stereocenters. The van der Waals surface area contributed by atoms with Crippen molar-refractivity contribution in [1.29, 1.82) is 0 Å². The number of aromatic hydroxyl groups is 2. The Kier molecular flexibility index (Phi) is 12.9. The van der Waals surface area contributed by atoms with E-state index in [9.17, 15) is 59.2 Å². The molecule has 0 amide bonds. The molecule has 0 bridgehead atoms. The fraction of sp³-hybridized carbons (Fsp3) is 0. The van der Waals surface area contributed by atoms with E-state index in [4.69, 9.17) is 11.5 Å². The molecule has 0 heterocycles. The second kappa shape index (κ2) is 17.8. The molecule has 0 saturated carbocycles. The molecule has 7 aromatic carbocycles. The van der Waals surface area contributed by atoms with Gasteiger partial charge in [0.1, 0.15) is 31.7 Å². The Morgan fingerprint density at radius 2 is 0.969 bits per heavy atom. The van der Waals surface area contributed by atoms with E-state index in [0.29, 0.717) is 17.2 Å². The quantitative estimate of drug-likeness (QED) is 0.0191. The Labute approximate surface area is 383 Å². The first-order chi connectivity index (χ1) is 29.6. The molecule has 320 valence electrons. The summed E-state index contributed by atoms with van der Waals surface area (Å²) in [6.45, 7) is 0. The average molecular weight is 937 g/mol. The molecule has 0 aliphatic heterocycles. The van der Waals surface area contributed by atoms with Crippen LogP contribution in [0.5, 0.6) is 11.5 Å². The number of azo groups is 3. The number of hydrogen-bond acceptors (Lipinski definition) is 18. The second-order valence-electron chi connectivity index (χ2n) is 13.3. The van der Waals surface area contributed by atoms with Crippen molar-refractivity contribution in [3.05, 3.63) is 119 Å². The molecule has 64 heavy (non-hydrogen) atoms. The number of non-ortho nitro benzene ring substituents is 1. The summed E-state index contributed by atoms with van der Waals surface area (Å²) >= 11 is 0. The number of anilines is 2. The number of benzene rings is 7. The van der Waals surface area contributed by atoms with Crippen molar-refractivity contribution < 1.29 is 83.6 Å². The van der Waals surface area contributed by atoms with Crippen LogP contribution in [-0.4, -0.2) is 54.0 Å². The van der Waals surface area contributed by atoms with Gasteiger partial charge in [-0.15, -0.1) is 15.3 Å². The van der Waals surface area contributed by atoms with Gasteiger partial charge in [-0.25, -0.2) is 0 Å². The average Bonchev–Trinajstić information content (AvgIpc) is 3.22. The van der Waals surface area contributed by atoms with Crippen molar-refractivity contribution in [3.63, 3.8) is 0 Å². The number of nitrogen functional groups attached to an aromatic ring is 2. The summed E-state index contributed by atoms with van der Waals surface area (Å²) in [5.41, 5.74) is 10.7. The Balaban J connectivity index is 0.00000680. The number of rotatable bonds is 11. The van der Waals surface area contributed by atoms with Crippen molar-refractivity contribution in [2.24, 2.45) is 30.7 Å². The van der Waals surface area contributed by atoms with Gasteiger partial charge in [0.05, 0.1) is 33.1 Å². The zero-order valence-electron chi connectivity index (χ0n) is 32.4. The van der Waals surface area contributed by atoms with Crippen LogP contribution in [0.3, 0.4) is 0 Å². The molecule has 0 radical (unpaired) electrons. The summed E-state index contributed by atoms with van der Waals surface area (Å²) in [6.07, 6.45) is 0. The van der Waals surface area contributed by atoms with Gasteiger partial charge < -0.3 is 21.7 Å². The SMILES string of the molecule is Nc1ccc2cc(S(=O)(=O)O)c(N=Nc3ccc(-c4ccc(N=Nc5c(S(=O)(=O)O)cc6cc(S(=O)(=O)O)c(N=Nc7cccc([N+](=O)[O-])c7)c(N)c6c5O)cc4)cc3)c(O)c2c1.[Na+]. The molecule has 0 aliphatic carbocycles. The van der Waals surface area contributed by atoms with Gasteiger partial charge in [0, 0.05) is 23.2 Å². The van der Waals surface area contributed by atoms with Crippen LogP contribution < -0.4 is 41.0 Å². The van der Waals surface area contributed by atoms with Gasteiger partial charge in [0.2, 0.25) is 0 Å². The Morgan fingerprint density at radius 1 is 0.516 bits per heavy atom. The number of hydrogen-bond donors (Lipinski definition) is 7. The van der Waals surface area contributed by atoms with Crippen LogP contribution in [0, 0.1) is 10.1 Å². The van der Waals surface area contributed by atoms with Gasteiger partial charge >= 0.3 is 29.6 Å². The molecule has 0 fully saturated rings. The molecular weight excluding hydrogens is 910 g/mol. The monoisotopic (exact) mass is 936 g/mol. The minimum absolute atomic E-state index is 0. The Bertz CT molecular complexity index is 3500. The number of phenols is 2. The van der Waals surface area contributed by atoms with Crippen molar-refractivity contribution in [1.82, 2.24) is 0 Å². The summed E-state index contributed by atoms with van der Waals surface area (Å²) < 4.78 is 104. The van der Waals surface area contributed by atoms with Crippen LogP contribution in [0.15, 0.2) is 155 Å². The maximum Gasteiger partial charge on any atom is 1.00 e. The molecule has 22 nitrogen and oxygen atoms in total. The van der Waals surface area contributed by atoms with E-state index < -0.39 is 95.0 Å². The smallest absolute Gasteiger partial charge is 0.505 e. The molecule has 26 heteroatoms. The minimum atomic E-state index is -5.20. The van der Waals surface area contributed by atoms with Crippen molar-refractivity contribution in [2.45, 2.75) is 14.7 Å². The normalized spacial score (nSPS) is 12.4. The molecule has 0 atom stereocenters. The van der Waals surface area contributed by atoms with Crippen LogP contribution >= 0.6 is 0 Å². The van der Waals surface area contributed by atoms with E-state index in [-0.39, 0.29) is 68.8 Å². The second-order valence-corrected chi connectivity index (χ2v) is 17.4. The third kappa shape index (κ3) is 9.71. The van der Waals surface area contributed by atoms with Gasteiger partial charge in [0.25, 0.3) is 36.0 Å². The third-order valence-electron chi connectivity index (χ3n) is 9.13. The van der Waals surface area contributed by atoms with Gasteiger partial charge in [-0.1, -0.05) is 36.4 Å². The molecular formula is C38H27N9NaO13S3+. The van der Waals surface area contributed by atoms with E-state index in [0.717, 1.165) is 24.3 Å². The standard InChI is InChI=1S/C38H27N9O13S3.Na/c39-23-9-4-21-14-30(62(55,56)57)35(37(48)28(21)17-23)45-41-24-10-5-19(6-11-24)20-7-12-25(13-8-20)42-46-36-31(63(58,59)60)16-22-15-29(61(52,53)54)34(33(40)32(22)38(36)49)44-43-26-2-1-3-27(18-26)47(50)51;/h1-18,48-49H,39-40H2,(H,52,53,54)(H,55,56,57)(H,58,59,60);/q;+1. The number of nitrogens with zero attached hydrogens (tertiary/aromatic N) is 7. The molecule has 7 aromatic rings. The molecule has 0 saturated heterocycles. The van der Waals surface area contributed by atoms with Crippen LogP contribution in [0.25, 0.3) is 32.7 Å². The third-order valence-corrected chi connectivity index (χ3v) is 11.7. The van der Waals surface area contributed by atoms with Gasteiger partial charge in [-0.2, -0.15) is 40.6 Å². The molecule has 9 N–H and O–H groups in total. The van der Waals surface area contributed by atoms with E-state index in [1.54, 1.807) is 24.3 Å². The molecule has 0 aliphatic rings. The number of nitro groups is 1. The number of nitrogens with two attached hydrogens (primary N) is 2. The topological polar surface area (TPSA) is 373 Å². The Hall–Kier alpha value is -6.81. The van der Waals surface area contributed by atoms with E-state index in [2.05, 4.69) is 30.7 Å². The van der Waals surface area contributed by atoms with Gasteiger partial charge in [0.15, 0.2) is 11.5 Å². The summed E-state index contributed by atoms with van der Waals surface area (Å²) in [7, 11) is -15.2. The van der Waals surface area contributed by atoms with Crippen LogP contribution in [0.4, 0.5) is 51.2 Å². The predicted molar refractivity (Wildman–Crippen MR) is 227 cm³/mol. The van der Waals surface area contributed by atoms with E-state index in [1.807, 2.05) is 0 Å². The minimum Gasteiger partial charge on any atom is -0.505 e. The van der Waals surface area contributed by atoms with Crippen molar-refractivity contribution >= 4 is 103 Å². The maximum atomic E-state index is 12.5. The number of fused-ring (bicyclic) bond motifs is 2. The number of phenolic OH excluding ortho intramolecular Hbond substituents is 2. The fourth-order valence-corrected chi connectivity index (χ4v) is 8.18. The summed E-state index contributed by atoms with van der Waals surface area (Å²) in [6, 6.07) is 24.1. The largest absolute Gasteiger partial charge is 1.00 e. The molecule has 7 rings (SSSR count).